The molecule has 5 nitrogen and oxygen atoms in total. The van der Waals surface area contributed by atoms with Gasteiger partial charge in [-0.3, -0.25) is 9.78 Å². The molecule has 0 aliphatic carbocycles. The van der Waals surface area contributed by atoms with E-state index in [4.69, 9.17) is 23.2 Å². The van der Waals surface area contributed by atoms with Gasteiger partial charge in [-0.2, -0.15) is 5.10 Å². The van der Waals surface area contributed by atoms with E-state index in [-0.39, 0.29) is 5.91 Å². The molecule has 0 aliphatic heterocycles. The highest BCUT2D eigenvalue weighted by Gasteiger charge is 2.12. The van der Waals surface area contributed by atoms with Crippen molar-refractivity contribution in [2.24, 2.45) is 0 Å². The molecule has 1 N–H and O–H groups in total. The second-order valence-corrected chi connectivity index (χ2v) is 6.72. The van der Waals surface area contributed by atoms with E-state index in [9.17, 15) is 4.79 Å². The summed E-state index contributed by atoms with van der Waals surface area (Å²) in [5.74, 6) is 0.291. The molecule has 1 amide bonds. The van der Waals surface area contributed by atoms with Gasteiger partial charge < -0.3 is 5.32 Å². The van der Waals surface area contributed by atoms with E-state index in [1.165, 1.54) is 6.20 Å². The third-order valence-electron chi connectivity index (χ3n) is 3.26. The van der Waals surface area contributed by atoms with Crippen LogP contribution in [0.25, 0.3) is 0 Å². The number of aromatic nitrogens is 3. The number of pyridine rings is 1. The number of carbonyl (C=O) groups is 1. The molecule has 0 fully saturated rings. The van der Waals surface area contributed by atoms with Crippen LogP contribution in [0.15, 0.2) is 53.4 Å². The average Bonchev–Trinajstić information content (AvgIpc) is 2.97. The summed E-state index contributed by atoms with van der Waals surface area (Å²) >= 11 is 15.4. The van der Waals surface area contributed by atoms with Gasteiger partial charge in [-0.15, -0.1) is 0 Å². The van der Waals surface area contributed by atoms with Crippen LogP contribution >= 0.6 is 39.1 Å². The highest BCUT2D eigenvalue weighted by atomic mass is 79.9. The molecule has 2 heterocycles. The number of hydrogen-bond acceptors (Lipinski definition) is 3. The minimum atomic E-state index is -0.271. The van der Waals surface area contributed by atoms with E-state index in [0.29, 0.717) is 28.0 Å². The maximum atomic E-state index is 12.3. The first-order valence-electron chi connectivity index (χ1n) is 6.90. The largest absolute Gasteiger partial charge is 0.307 e. The van der Waals surface area contributed by atoms with Gasteiger partial charge in [0.2, 0.25) is 0 Å². The van der Waals surface area contributed by atoms with E-state index in [1.54, 1.807) is 41.3 Å². The molecule has 24 heavy (non-hydrogen) atoms. The molecule has 0 saturated heterocycles. The van der Waals surface area contributed by atoms with Crippen molar-refractivity contribution in [3.05, 3.63) is 74.6 Å². The fraction of sp³-hybridized carbons (Fsp3) is 0.0625. The second-order valence-electron chi connectivity index (χ2n) is 4.96. The van der Waals surface area contributed by atoms with Crippen LogP contribution in [0.4, 0.5) is 5.82 Å². The first-order chi connectivity index (χ1) is 11.5. The third-order valence-corrected chi connectivity index (χ3v) is 4.28. The van der Waals surface area contributed by atoms with Gasteiger partial charge in [-0.05, 0) is 39.7 Å². The Morgan fingerprint density at radius 2 is 2.04 bits per heavy atom. The molecule has 3 aromatic rings. The number of nitrogens with one attached hydrogen (secondary N) is 1. The zero-order valence-electron chi connectivity index (χ0n) is 12.2. The molecule has 2 aromatic heterocycles. The second kappa shape index (κ2) is 7.34. The zero-order chi connectivity index (χ0) is 17.1. The molecule has 0 radical (unpaired) electrons. The Bertz CT molecular complexity index is 897. The average molecular weight is 426 g/mol. The number of benzene rings is 1. The number of halogens is 3. The van der Waals surface area contributed by atoms with Gasteiger partial charge in [-0.25, -0.2) is 4.68 Å². The quantitative estimate of drug-likeness (QED) is 0.661. The first kappa shape index (κ1) is 17.0. The molecule has 0 saturated carbocycles. The van der Waals surface area contributed by atoms with Crippen molar-refractivity contribution in [2.45, 2.75) is 6.54 Å². The van der Waals surface area contributed by atoms with Crippen LogP contribution in [0.2, 0.25) is 10.0 Å². The molecule has 0 spiro atoms. The van der Waals surface area contributed by atoms with Crippen molar-refractivity contribution < 1.29 is 4.79 Å². The zero-order valence-corrected chi connectivity index (χ0v) is 15.3. The summed E-state index contributed by atoms with van der Waals surface area (Å²) in [5, 5.41) is 8.16. The molecule has 0 bridgehead atoms. The lowest BCUT2D eigenvalue weighted by Gasteiger charge is -2.10. The van der Waals surface area contributed by atoms with Crippen LogP contribution in [0, 0.1) is 0 Å². The maximum absolute atomic E-state index is 12.3. The molecular weight excluding hydrogens is 415 g/mol. The predicted molar refractivity (Wildman–Crippen MR) is 97.7 cm³/mol. The Labute approximate surface area is 156 Å². The summed E-state index contributed by atoms with van der Waals surface area (Å²) in [7, 11) is 0. The highest BCUT2D eigenvalue weighted by Crippen LogP contribution is 2.23. The molecule has 1 aromatic carbocycles. The maximum Gasteiger partial charge on any atom is 0.258 e. The molecular formula is C16H11BrCl2N4O. The topological polar surface area (TPSA) is 59.8 Å². The van der Waals surface area contributed by atoms with Crippen LogP contribution in [0.3, 0.4) is 0 Å². The lowest BCUT2D eigenvalue weighted by Crippen LogP contribution is -2.16. The van der Waals surface area contributed by atoms with Gasteiger partial charge in [-0.1, -0.05) is 29.3 Å². The fourth-order valence-electron chi connectivity index (χ4n) is 2.10. The standard InChI is InChI=1S/C16H11BrCl2N4O/c17-12-5-11(7-20-8-12)16(24)22-15-3-4-21-23(15)9-10-1-2-13(18)6-14(10)19/h1-8H,9H2,(H,22,24). The summed E-state index contributed by atoms with van der Waals surface area (Å²) in [6, 6.07) is 8.67. The summed E-state index contributed by atoms with van der Waals surface area (Å²) in [6.07, 6.45) is 4.72. The van der Waals surface area contributed by atoms with Crippen molar-refractivity contribution in [3.63, 3.8) is 0 Å². The highest BCUT2D eigenvalue weighted by molar-refractivity contribution is 9.10. The number of anilines is 1. The van der Waals surface area contributed by atoms with Crippen molar-refractivity contribution >= 4 is 50.9 Å². The smallest absolute Gasteiger partial charge is 0.258 e. The third kappa shape index (κ3) is 3.95. The van der Waals surface area contributed by atoms with Crippen molar-refractivity contribution in [3.8, 4) is 0 Å². The van der Waals surface area contributed by atoms with Crippen LogP contribution in [-0.4, -0.2) is 20.7 Å². The van der Waals surface area contributed by atoms with Crippen LogP contribution in [0.1, 0.15) is 15.9 Å². The number of amides is 1. The lowest BCUT2D eigenvalue weighted by atomic mass is 10.2. The van der Waals surface area contributed by atoms with E-state index < -0.39 is 0 Å². The van der Waals surface area contributed by atoms with Gasteiger partial charge in [0.15, 0.2) is 0 Å². The summed E-state index contributed by atoms with van der Waals surface area (Å²) in [5.41, 5.74) is 1.30. The Kier molecular flexibility index (Phi) is 5.18. The van der Waals surface area contributed by atoms with Crippen LogP contribution in [-0.2, 0) is 6.54 Å². The van der Waals surface area contributed by atoms with Gasteiger partial charge >= 0.3 is 0 Å². The van der Waals surface area contributed by atoms with Gasteiger partial charge in [0.1, 0.15) is 5.82 Å². The normalized spacial score (nSPS) is 10.6. The number of nitrogens with zero attached hydrogens (tertiary/aromatic N) is 3. The van der Waals surface area contributed by atoms with Crippen molar-refractivity contribution in [1.82, 2.24) is 14.8 Å². The minimum Gasteiger partial charge on any atom is -0.307 e. The Morgan fingerprint density at radius 3 is 2.79 bits per heavy atom. The van der Waals surface area contributed by atoms with Gasteiger partial charge in [0, 0.05) is 33.0 Å². The Morgan fingerprint density at radius 1 is 1.21 bits per heavy atom. The number of carbonyl (C=O) groups excluding carboxylic acids is 1. The van der Waals surface area contributed by atoms with E-state index in [1.807, 2.05) is 6.07 Å². The number of rotatable bonds is 4. The van der Waals surface area contributed by atoms with Gasteiger partial charge in [0.25, 0.3) is 5.91 Å². The molecule has 0 aliphatic rings. The predicted octanol–water partition coefficient (Wildman–Crippen LogP) is 4.65. The molecule has 8 heteroatoms. The molecule has 122 valence electrons. The number of hydrogen-bond donors (Lipinski definition) is 1. The summed E-state index contributed by atoms with van der Waals surface area (Å²) < 4.78 is 2.38. The van der Waals surface area contributed by atoms with Crippen LogP contribution in [0.5, 0.6) is 0 Å². The van der Waals surface area contributed by atoms with Gasteiger partial charge in [0.05, 0.1) is 18.3 Å². The SMILES string of the molecule is O=C(Nc1ccnn1Cc1ccc(Cl)cc1Cl)c1cncc(Br)c1. The molecule has 3 rings (SSSR count). The van der Waals surface area contributed by atoms with E-state index >= 15 is 0 Å². The first-order valence-corrected chi connectivity index (χ1v) is 8.45. The van der Waals surface area contributed by atoms with Crippen LogP contribution < -0.4 is 5.32 Å². The fourth-order valence-corrected chi connectivity index (χ4v) is 2.93. The van der Waals surface area contributed by atoms with Crippen molar-refractivity contribution in [2.75, 3.05) is 5.32 Å². The monoisotopic (exact) mass is 424 g/mol. The minimum absolute atomic E-state index is 0.271. The Balaban J connectivity index is 1.79. The van der Waals surface area contributed by atoms with Crippen molar-refractivity contribution in [1.29, 1.82) is 0 Å². The van der Waals surface area contributed by atoms with E-state index in [0.717, 1.165) is 10.0 Å². The molecule has 0 atom stereocenters. The van der Waals surface area contributed by atoms with E-state index in [2.05, 4.69) is 31.3 Å². The molecule has 0 unspecified atom stereocenters. The summed E-state index contributed by atoms with van der Waals surface area (Å²) in [4.78, 5) is 16.3. The summed E-state index contributed by atoms with van der Waals surface area (Å²) in [6.45, 7) is 0.412. The Hall–Kier alpha value is -1.89. The lowest BCUT2D eigenvalue weighted by molar-refractivity contribution is 0.102.